The standard InChI is InChI=1S/C16H25FN2S/c1-2-8-19-16(13-9-14(17)11-18-10-13)12-20-15-6-4-3-5-7-15/h9-11,15-16,19H,2-8,12H2,1H3. The maximum absolute atomic E-state index is 13.3. The first kappa shape index (κ1) is 15.8. The van der Waals surface area contributed by atoms with Crippen molar-refractivity contribution in [1.29, 1.82) is 0 Å². The van der Waals surface area contributed by atoms with Gasteiger partial charge in [-0.25, -0.2) is 4.39 Å². The molecule has 0 radical (unpaired) electrons. The van der Waals surface area contributed by atoms with Crippen molar-refractivity contribution in [3.63, 3.8) is 0 Å². The van der Waals surface area contributed by atoms with Crippen LogP contribution in [0.1, 0.15) is 57.1 Å². The predicted octanol–water partition coefficient (Wildman–Crippen LogP) is 4.33. The minimum Gasteiger partial charge on any atom is -0.309 e. The molecule has 0 bridgehead atoms. The molecule has 112 valence electrons. The van der Waals surface area contributed by atoms with Crippen molar-refractivity contribution in [3.8, 4) is 0 Å². The molecule has 1 fully saturated rings. The van der Waals surface area contributed by atoms with E-state index < -0.39 is 0 Å². The maximum Gasteiger partial charge on any atom is 0.141 e. The van der Waals surface area contributed by atoms with Gasteiger partial charge in [0.25, 0.3) is 0 Å². The predicted molar refractivity (Wildman–Crippen MR) is 84.6 cm³/mol. The lowest BCUT2D eigenvalue weighted by molar-refractivity contribution is 0.513. The molecule has 1 aromatic heterocycles. The Bertz CT molecular complexity index is 394. The fourth-order valence-corrected chi connectivity index (χ4v) is 4.12. The number of hydrogen-bond acceptors (Lipinski definition) is 3. The molecule has 0 amide bonds. The quantitative estimate of drug-likeness (QED) is 0.811. The fraction of sp³-hybridized carbons (Fsp3) is 0.688. The topological polar surface area (TPSA) is 24.9 Å². The summed E-state index contributed by atoms with van der Waals surface area (Å²) in [6.45, 7) is 3.12. The van der Waals surface area contributed by atoms with Crippen molar-refractivity contribution in [3.05, 3.63) is 29.8 Å². The summed E-state index contributed by atoms with van der Waals surface area (Å²) in [6, 6.07) is 1.83. The molecule has 20 heavy (non-hydrogen) atoms. The van der Waals surface area contributed by atoms with Crippen LogP contribution in [0.4, 0.5) is 4.39 Å². The van der Waals surface area contributed by atoms with Gasteiger partial charge >= 0.3 is 0 Å². The average Bonchev–Trinajstić information content (AvgIpc) is 2.48. The fourth-order valence-electron chi connectivity index (χ4n) is 2.67. The summed E-state index contributed by atoms with van der Waals surface area (Å²) < 4.78 is 13.3. The van der Waals surface area contributed by atoms with E-state index >= 15 is 0 Å². The highest BCUT2D eigenvalue weighted by atomic mass is 32.2. The summed E-state index contributed by atoms with van der Waals surface area (Å²) in [5, 5.41) is 4.31. The van der Waals surface area contributed by atoms with Gasteiger partial charge in [0.2, 0.25) is 0 Å². The Morgan fingerprint density at radius 2 is 2.15 bits per heavy atom. The molecule has 1 atom stereocenters. The third-order valence-corrected chi connectivity index (χ3v) is 5.29. The smallest absolute Gasteiger partial charge is 0.141 e. The molecule has 2 nitrogen and oxygen atoms in total. The lowest BCUT2D eigenvalue weighted by Gasteiger charge is -2.24. The van der Waals surface area contributed by atoms with E-state index in [9.17, 15) is 4.39 Å². The van der Waals surface area contributed by atoms with E-state index in [1.54, 1.807) is 12.3 Å². The maximum atomic E-state index is 13.3. The Kier molecular flexibility index (Phi) is 6.80. The molecular formula is C16H25FN2S. The molecule has 1 aromatic rings. The van der Waals surface area contributed by atoms with Gasteiger partial charge in [-0.3, -0.25) is 4.98 Å². The van der Waals surface area contributed by atoms with Crippen LogP contribution in [-0.4, -0.2) is 22.5 Å². The Labute approximate surface area is 125 Å². The number of nitrogens with one attached hydrogen (secondary N) is 1. The van der Waals surface area contributed by atoms with Crippen molar-refractivity contribution < 1.29 is 4.39 Å². The first-order valence-electron chi connectivity index (χ1n) is 7.75. The van der Waals surface area contributed by atoms with Gasteiger partial charge in [-0.1, -0.05) is 26.2 Å². The number of nitrogens with zero attached hydrogens (tertiary/aromatic N) is 1. The minimum absolute atomic E-state index is 0.213. The molecule has 1 heterocycles. The van der Waals surface area contributed by atoms with Crippen LogP contribution in [0, 0.1) is 5.82 Å². The average molecular weight is 296 g/mol. The van der Waals surface area contributed by atoms with Gasteiger partial charge in [-0.05, 0) is 37.4 Å². The van der Waals surface area contributed by atoms with Crippen LogP contribution in [0.15, 0.2) is 18.5 Å². The van der Waals surface area contributed by atoms with E-state index in [1.165, 1.54) is 38.3 Å². The molecule has 1 N–H and O–H groups in total. The van der Waals surface area contributed by atoms with E-state index in [-0.39, 0.29) is 11.9 Å². The van der Waals surface area contributed by atoms with E-state index in [0.29, 0.717) is 0 Å². The SMILES string of the molecule is CCCNC(CSC1CCCCC1)c1cncc(F)c1. The largest absolute Gasteiger partial charge is 0.309 e. The molecule has 0 aromatic carbocycles. The number of halogens is 1. The van der Waals surface area contributed by atoms with Gasteiger partial charge in [-0.15, -0.1) is 0 Å². The number of hydrogen-bond donors (Lipinski definition) is 1. The second-order valence-electron chi connectivity index (χ2n) is 5.54. The molecule has 1 unspecified atom stereocenters. The Hall–Kier alpha value is -0.610. The lowest BCUT2D eigenvalue weighted by Crippen LogP contribution is -2.25. The Morgan fingerprint density at radius 3 is 2.85 bits per heavy atom. The molecule has 4 heteroatoms. The highest BCUT2D eigenvalue weighted by Crippen LogP contribution is 2.31. The second kappa shape index (κ2) is 8.63. The van der Waals surface area contributed by atoms with Crippen LogP contribution >= 0.6 is 11.8 Å². The number of thioether (sulfide) groups is 1. The van der Waals surface area contributed by atoms with Crippen LogP contribution in [-0.2, 0) is 0 Å². The van der Waals surface area contributed by atoms with Crippen molar-refractivity contribution in [2.45, 2.75) is 56.7 Å². The molecule has 2 rings (SSSR count). The molecule has 0 spiro atoms. The molecule has 1 saturated carbocycles. The normalized spacial score (nSPS) is 18.1. The summed E-state index contributed by atoms with van der Waals surface area (Å²) in [7, 11) is 0. The third kappa shape index (κ3) is 5.06. The number of pyridine rings is 1. The van der Waals surface area contributed by atoms with E-state index in [4.69, 9.17) is 0 Å². The third-order valence-electron chi connectivity index (χ3n) is 3.82. The van der Waals surface area contributed by atoms with Crippen LogP contribution in [0.25, 0.3) is 0 Å². The summed E-state index contributed by atoms with van der Waals surface area (Å²) >= 11 is 2.04. The number of rotatable bonds is 7. The second-order valence-corrected chi connectivity index (χ2v) is 6.87. The molecule has 1 aliphatic carbocycles. The Balaban J connectivity index is 1.92. The van der Waals surface area contributed by atoms with Crippen molar-refractivity contribution in [2.24, 2.45) is 0 Å². The zero-order valence-electron chi connectivity index (χ0n) is 12.3. The van der Waals surface area contributed by atoms with Gasteiger partial charge in [0, 0.05) is 23.2 Å². The van der Waals surface area contributed by atoms with Gasteiger partial charge in [0.15, 0.2) is 0 Å². The van der Waals surface area contributed by atoms with E-state index in [0.717, 1.165) is 29.5 Å². The first-order chi connectivity index (χ1) is 9.79. The highest BCUT2D eigenvalue weighted by Gasteiger charge is 2.18. The molecule has 0 aliphatic heterocycles. The van der Waals surface area contributed by atoms with Crippen LogP contribution < -0.4 is 5.32 Å². The van der Waals surface area contributed by atoms with Gasteiger partial charge in [0.1, 0.15) is 5.82 Å². The molecular weight excluding hydrogens is 271 g/mol. The van der Waals surface area contributed by atoms with Crippen LogP contribution in [0.2, 0.25) is 0 Å². The van der Waals surface area contributed by atoms with E-state index in [1.807, 2.05) is 11.8 Å². The summed E-state index contributed by atoms with van der Waals surface area (Å²) in [5.74, 6) is 0.768. The van der Waals surface area contributed by atoms with Crippen molar-refractivity contribution >= 4 is 11.8 Å². The Morgan fingerprint density at radius 1 is 1.35 bits per heavy atom. The van der Waals surface area contributed by atoms with Gasteiger partial charge in [0.05, 0.1) is 6.20 Å². The van der Waals surface area contributed by atoms with Crippen molar-refractivity contribution in [2.75, 3.05) is 12.3 Å². The summed E-state index contributed by atoms with van der Waals surface area (Å²) in [5.41, 5.74) is 0.974. The van der Waals surface area contributed by atoms with Crippen LogP contribution in [0.5, 0.6) is 0 Å². The summed E-state index contributed by atoms with van der Waals surface area (Å²) in [6.07, 6.45) is 11.0. The monoisotopic (exact) mass is 296 g/mol. The van der Waals surface area contributed by atoms with Crippen molar-refractivity contribution in [1.82, 2.24) is 10.3 Å². The van der Waals surface area contributed by atoms with Gasteiger partial charge < -0.3 is 5.32 Å². The number of aromatic nitrogens is 1. The lowest BCUT2D eigenvalue weighted by atomic mass is 10.0. The first-order valence-corrected chi connectivity index (χ1v) is 8.80. The highest BCUT2D eigenvalue weighted by molar-refractivity contribution is 7.99. The zero-order chi connectivity index (χ0) is 14.2. The van der Waals surface area contributed by atoms with E-state index in [2.05, 4.69) is 17.2 Å². The molecule has 1 aliphatic rings. The van der Waals surface area contributed by atoms with Crippen LogP contribution in [0.3, 0.4) is 0 Å². The minimum atomic E-state index is -0.242. The zero-order valence-corrected chi connectivity index (χ0v) is 13.1. The van der Waals surface area contributed by atoms with Gasteiger partial charge in [-0.2, -0.15) is 11.8 Å². The molecule has 0 saturated heterocycles. The summed E-state index contributed by atoms with van der Waals surface area (Å²) in [4.78, 5) is 3.98.